The highest BCUT2D eigenvalue weighted by atomic mass is 16.5. The number of aliphatic hydroxyl groups excluding tert-OH is 1. The third kappa shape index (κ3) is 4.87. The number of benzene rings is 4. The molecule has 0 aromatic heterocycles. The Balaban J connectivity index is 1.59. The van der Waals surface area contributed by atoms with Gasteiger partial charge in [0.2, 0.25) is 0 Å². The molecule has 4 aromatic rings. The Kier molecular flexibility index (Phi) is 6.44. The zero-order valence-corrected chi connectivity index (χ0v) is 19.6. The Morgan fingerprint density at radius 3 is 2.46 bits per heavy atom. The van der Waals surface area contributed by atoms with Crippen LogP contribution in [0.15, 0.2) is 113 Å². The number of Topliss-reactive ketones (excluding diaryl/α,β-unsaturated/α-hetero) is 1. The van der Waals surface area contributed by atoms with Crippen molar-refractivity contribution in [2.75, 3.05) is 7.11 Å². The number of carbonyl (C=O) groups is 1. The first-order valence-electron chi connectivity index (χ1n) is 11.8. The van der Waals surface area contributed by atoms with Crippen molar-refractivity contribution >= 4 is 28.0 Å². The molecule has 0 aliphatic heterocycles. The van der Waals surface area contributed by atoms with Crippen molar-refractivity contribution in [3.8, 4) is 5.75 Å². The first kappa shape index (κ1) is 22.6. The lowest BCUT2D eigenvalue weighted by atomic mass is 9.80. The number of ether oxygens (including phenoxy) is 1. The largest absolute Gasteiger partial charge is 0.511 e. The zero-order chi connectivity index (χ0) is 24.2. The van der Waals surface area contributed by atoms with E-state index in [1.165, 1.54) is 0 Å². The number of aliphatic hydroxyl groups is 1. The van der Waals surface area contributed by atoms with Gasteiger partial charge in [0, 0.05) is 25.3 Å². The monoisotopic (exact) mass is 461 g/mol. The van der Waals surface area contributed by atoms with Gasteiger partial charge in [0.25, 0.3) is 0 Å². The molecular weight excluding hydrogens is 434 g/mol. The zero-order valence-electron chi connectivity index (χ0n) is 19.6. The molecule has 0 saturated heterocycles. The van der Waals surface area contributed by atoms with Crippen LogP contribution in [0.5, 0.6) is 5.75 Å². The molecule has 4 heteroatoms. The van der Waals surface area contributed by atoms with Crippen molar-refractivity contribution in [3.05, 3.63) is 120 Å². The number of hydrogen-bond donors (Lipinski definition) is 1. The molecule has 0 amide bonds. The molecule has 0 fully saturated rings. The van der Waals surface area contributed by atoms with E-state index < -0.39 is 0 Å². The number of ketones is 1. The predicted octanol–water partition coefficient (Wildman–Crippen LogP) is 7.12. The summed E-state index contributed by atoms with van der Waals surface area (Å²) < 4.78 is 5.37. The van der Waals surface area contributed by atoms with Crippen LogP contribution in [0.2, 0.25) is 0 Å². The molecule has 4 aromatic carbocycles. The molecule has 5 rings (SSSR count). The number of allylic oxidation sites excluding steroid dienone is 2. The molecule has 0 saturated carbocycles. The summed E-state index contributed by atoms with van der Waals surface area (Å²) in [5, 5.41) is 13.4. The number of nitrogens with zero attached hydrogens (tertiary/aromatic N) is 1. The lowest BCUT2D eigenvalue weighted by Gasteiger charge is -2.25. The minimum Gasteiger partial charge on any atom is -0.511 e. The van der Waals surface area contributed by atoms with Crippen molar-refractivity contribution < 1.29 is 14.6 Å². The van der Waals surface area contributed by atoms with Gasteiger partial charge in [-0.25, -0.2) is 0 Å². The minimum atomic E-state index is -0.0792. The number of hydrogen-bond acceptors (Lipinski definition) is 4. The van der Waals surface area contributed by atoms with Crippen molar-refractivity contribution in [3.63, 3.8) is 0 Å². The van der Waals surface area contributed by atoms with E-state index in [0.29, 0.717) is 42.0 Å². The molecule has 174 valence electrons. The van der Waals surface area contributed by atoms with Crippen molar-refractivity contribution in [1.82, 2.24) is 0 Å². The lowest BCUT2D eigenvalue weighted by molar-refractivity contribution is -0.116. The van der Waals surface area contributed by atoms with Crippen LogP contribution in [0.1, 0.15) is 29.9 Å². The maximum Gasteiger partial charge on any atom is 0.168 e. The van der Waals surface area contributed by atoms with Crippen LogP contribution < -0.4 is 4.74 Å². The molecular formula is C31H27NO3. The van der Waals surface area contributed by atoms with Gasteiger partial charge in [0.05, 0.1) is 24.1 Å². The van der Waals surface area contributed by atoms with Crippen LogP contribution >= 0.6 is 0 Å². The summed E-state index contributed by atoms with van der Waals surface area (Å²) in [6.45, 7) is 0. The number of rotatable bonds is 6. The Labute approximate surface area is 205 Å². The highest BCUT2D eigenvalue weighted by molar-refractivity contribution is 6.24. The average Bonchev–Trinajstić information content (AvgIpc) is 2.89. The summed E-state index contributed by atoms with van der Waals surface area (Å²) in [5.74, 6) is 0.678. The van der Waals surface area contributed by atoms with E-state index in [0.717, 1.165) is 21.9 Å². The fraction of sp³-hybridized carbons (Fsp3) is 0.161. The predicted molar refractivity (Wildman–Crippen MR) is 141 cm³/mol. The van der Waals surface area contributed by atoms with Crippen LogP contribution in [0.25, 0.3) is 10.8 Å². The molecule has 1 aliphatic carbocycles. The molecule has 0 heterocycles. The Morgan fingerprint density at radius 1 is 0.914 bits per heavy atom. The van der Waals surface area contributed by atoms with Gasteiger partial charge < -0.3 is 9.84 Å². The van der Waals surface area contributed by atoms with Crippen molar-refractivity contribution in [2.45, 2.75) is 25.2 Å². The van der Waals surface area contributed by atoms with E-state index in [9.17, 15) is 9.90 Å². The van der Waals surface area contributed by atoms with Crippen LogP contribution in [0.4, 0.5) is 5.69 Å². The van der Waals surface area contributed by atoms with Gasteiger partial charge in [-0.15, -0.1) is 0 Å². The number of methoxy groups -OCH3 is 1. The summed E-state index contributed by atoms with van der Waals surface area (Å²) >= 11 is 0. The fourth-order valence-corrected chi connectivity index (χ4v) is 4.83. The number of aliphatic imine (C=N–C) groups is 1. The molecule has 35 heavy (non-hydrogen) atoms. The Bertz CT molecular complexity index is 1430. The highest BCUT2D eigenvalue weighted by Crippen LogP contribution is 2.35. The quantitative estimate of drug-likeness (QED) is 0.311. The third-order valence-electron chi connectivity index (χ3n) is 6.55. The van der Waals surface area contributed by atoms with Gasteiger partial charge >= 0.3 is 0 Å². The van der Waals surface area contributed by atoms with Gasteiger partial charge in [-0.3, -0.25) is 9.79 Å². The van der Waals surface area contributed by atoms with Crippen molar-refractivity contribution in [1.29, 1.82) is 0 Å². The minimum absolute atomic E-state index is 0.0388. The topological polar surface area (TPSA) is 58.9 Å². The maximum absolute atomic E-state index is 13.5. The summed E-state index contributed by atoms with van der Waals surface area (Å²) in [4.78, 5) is 18.4. The number of fused-ring (bicyclic) bond motifs is 1. The molecule has 1 unspecified atom stereocenters. The molecule has 0 radical (unpaired) electrons. The van der Waals surface area contributed by atoms with Crippen LogP contribution in [0.3, 0.4) is 0 Å². The first-order chi connectivity index (χ1) is 17.1. The third-order valence-corrected chi connectivity index (χ3v) is 6.55. The molecule has 4 nitrogen and oxygen atoms in total. The summed E-state index contributed by atoms with van der Waals surface area (Å²) in [6, 6.07) is 31.7. The smallest absolute Gasteiger partial charge is 0.168 e. The summed E-state index contributed by atoms with van der Waals surface area (Å²) in [7, 11) is 1.61. The maximum atomic E-state index is 13.5. The highest BCUT2D eigenvalue weighted by Gasteiger charge is 2.31. The van der Waals surface area contributed by atoms with Gasteiger partial charge in [-0.2, -0.15) is 0 Å². The van der Waals surface area contributed by atoms with Gasteiger partial charge in [-0.05, 0) is 39.9 Å². The van der Waals surface area contributed by atoms with E-state index in [4.69, 9.17) is 9.73 Å². The van der Waals surface area contributed by atoms with Crippen molar-refractivity contribution in [2.24, 2.45) is 4.99 Å². The van der Waals surface area contributed by atoms with Crippen LogP contribution in [-0.2, 0) is 11.2 Å². The molecule has 1 atom stereocenters. The summed E-state index contributed by atoms with van der Waals surface area (Å²) in [6.07, 6.45) is 1.19. The Morgan fingerprint density at radius 2 is 1.66 bits per heavy atom. The van der Waals surface area contributed by atoms with E-state index >= 15 is 0 Å². The van der Waals surface area contributed by atoms with E-state index in [-0.39, 0.29) is 17.5 Å². The number of carbonyl (C=O) groups excluding carboxylic acids is 1. The SMILES string of the molecule is COc1cccc(N=C(Cc2cccc3ccccc23)C2=C(O)CC(c3ccccc3)CC2=O)c1. The second kappa shape index (κ2) is 9.98. The summed E-state index contributed by atoms with van der Waals surface area (Å²) in [5.41, 5.74) is 3.71. The normalized spacial score (nSPS) is 16.5. The molecule has 1 N–H and O–H groups in total. The van der Waals surface area contributed by atoms with Crippen LogP contribution in [0, 0.1) is 0 Å². The lowest BCUT2D eigenvalue weighted by Crippen LogP contribution is -2.25. The van der Waals surface area contributed by atoms with E-state index in [1.807, 2.05) is 72.8 Å². The molecule has 1 aliphatic rings. The van der Waals surface area contributed by atoms with Gasteiger partial charge in [-0.1, -0.05) is 78.9 Å². The first-order valence-corrected chi connectivity index (χ1v) is 11.8. The second-order valence-electron chi connectivity index (χ2n) is 8.84. The van der Waals surface area contributed by atoms with Gasteiger partial charge in [0.15, 0.2) is 5.78 Å². The average molecular weight is 462 g/mol. The second-order valence-corrected chi connectivity index (χ2v) is 8.84. The Hall–Kier alpha value is -4.18. The molecule has 0 spiro atoms. The standard InChI is InChI=1S/C31H27NO3/c1-35-26-15-8-14-25(20-26)32-28(17-23-13-7-12-22-11-5-6-16-27(22)23)31-29(33)18-24(19-30(31)34)21-9-3-2-4-10-21/h2-16,20,24,33H,17-19H2,1H3. The molecule has 0 bridgehead atoms. The fourth-order valence-electron chi connectivity index (χ4n) is 4.83. The van der Waals surface area contributed by atoms with E-state index in [2.05, 4.69) is 24.3 Å². The van der Waals surface area contributed by atoms with E-state index in [1.54, 1.807) is 7.11 Å². The van der Waals surface area contributed by atoms with Gasteiger partial charge in [0.1, 0.15) is 11.5 Å². The van der Waals surface area contributed by atoms with Crippen LogP contribution in [-0.4, -0.2) is 23.7 Å².